The van der Waals surface area contributed by atoms with E-state index in [1.54, 1.807) is 0 Å². The molecule has 5 nitrogen and oxygen atoms in total. The minimum atomic E-state index is 0.303. The summed E-state index contributed by atoms with van der Waals surface area (Å²) >= 11 is 0. The maximum Gasteiger partial charge on any atom is 0.222 e. The molecule has 2 aliphatic heterocycles. The van der Waals surface area contributed by atoms with E-state index in [1.165, 1.54) is 6.54 Å². The van der Waals surface area contributed by atoms with Gasteiger partial charge in [-0.15, -0.1) is 0 Å². The monoisotopic (exact) mass is 297 g/mol. The van der Waals surface area contributed by atoms with Crippen molar-refractivity contribution in [3.05, 3.63) is 0 Å². The molecule has 0 aromatic carbocycles. The number of hydrogen-bond donors (Lipinski definition) is 1. The van der Waals surface area contributed by atoms with Crippen molar-refractivity contribution in [2.24, 2.45) is 17.6 Å². The lowest BCUT2D eigenvalue weighted by Crippen LogP contribution is -2.44. The lowest BCUT2D eigenvalue weighted by molar-refractivity contribution is -0.133. The average Bonchev–Trinajstić information content (AvgIpc) is 2.54. The van der Waals surface area contributed by atoms with Crippen LogP contribution in [-0.4, -0.2) is 68.2 Å². The minimum absolute atomic E-state index is 0.303. The van der Waals surface area contributed by atoms with Gasteiger partial charge in [0.1, 0.15) is 0 Å². The lowest BCUT2D eigenvalue weighted by Gasteiger charge is -2.36. The van der Waals surface area contributed by atoms with E-state index in [-0.39, 0.29) is 0 Å². The Kier molecular flexibility index (Phi) is 6.93. The topological polar surface area (TPSA) is 58.8 Å². The Bertz CT molecular complexity index is 307. The van der Waals surface area contributed by atoms with Crippen LogP contribution in [0.5, 0.6) is 0 Å². The summed E-state index contributed by atoms with van der Waals surface area (Å²) in [4.78, 5) is 16.8. The molecule has 0 aromatic heterocycles. The normalized spacial score (nSPS) is 23.2. The van der Waals surface area contributed by atoms with E-state index in [4.69, 9.17) is 10.5 Å². The zero-order chi connectivity index (χ0) is 15.1. The van der Waals surface area contributed by atoms with Gasteiger partial charge in [-0.2, -0.15) is 0 Å². The number of amides is 1. The van der Waals surface area contributed by atoms with E-state index in [9.17, 15) is 4.79 Å². The highest BCUT2D eigenvalue weighted by molar-refractivity contribution is 5.76. The Morgan fingerprint density at radius 2 is 1.90 bits per heavy atom. The number of piperidine rings is 1. The summed E-state index contributed by atoms with van der Waals surface area (Å²) in [6.45, 7) is 9.62. The van der Waals surface area contributed by atoms with Crippen molar-refractivity contribution in [3.8, 4) is 0 Å². The number of nitrogens with two attached hydrogens (primary N) is 1. The van der Waals surface area contributed by atoms with Gasteiger partial charge in [0, 0.05) is 39.1 Å². The van der Waals surface area contributed by atoms with E-state index in [2.05, 4.69) is 11.8 Å². The maximum absolute atomic E-state index is 12.3. The molecular weight excluding hydrogens is 266 g/mol. The fourth-order valence-electron chi connectivity index (χ4n) is 3.28. The molecule has 122 valence electrons. The number of nitrogens with zero attached hydrogens (tertiary/aromatic N) is 2. The number of carbonyl (C=O) groups excluding carboxylic acids is 1. The summed E-state index contributed by atoms with van der Waals surface area (Å²) in [6.07, 6.45) is 3.90. The van der Waals surface area contributed by atoms with Crippen molar-refractivity contribution in [1.29, 1.82) is 0 Å². The van der Waals surface area contributed by atoms with Gasteiger partial charge in [0.15, 0.2) is 0 Å². The average molecular weight is 297 g/mol. The molecule has 1 amide bonds. The first-order chi connectivity index (χ1) is 10.2. The fourth-order valence-corrected chi connectivity index (χ4v) is 3.28. The van der Waals surface area contributed by atoms with E-state index in [0.29, 0.717) is 24.8 Å². The molecule has 2 rings (SSSR count). The van der Waals surface area contributed by atoms with Gasteiger partial charge >= 0.3 is 0 Å². The van der Waals surface area contributed by atoms with E-state index >= 15 is 0 Å². The summed E-state index contributed by atoms with van der Waals surface area (Å²) in [6, 6.07) is 0. The van der Waals surface area contributed by atoms with Gasteiger partial charge in [0.25, 0.3) is 0 Å². The van der Waals surface area contributed by atoms with E-state index < -0.39 is 0 Å². The van der Waals surface area contributed by atoms with Crippen LogP contribution >= 0.6 is 0 Å². The molecule has 0 saturated carbocycles. The van der Waals surface area contributed by atoms with Crippen molar-refractivity contribution in [2.75, 3.05) is 52.5 Å². The van der Waals surface area contributed by atoms with Crippen LogP contribution in [-0.2, 0) is 9.53 Å². The lowest BCUT2D eigenvalue weighted by atomic mass is 9.94. The summed E-state index contributed by atoms with van der Waals surface area (Å²) < 4.78 is 5.39. The van der Waals surface area contributed by atoms with Crippen LogP contribution in [0.25, 0.3) is 0 Å². The Morgan fingerprint density at radius 1 is 1.24 bits per heavy atom. The van der Waals surface area contributed by atoms with Crippen molar-refractivity contribution in [1.82, 2.24) is 9.80 Å². The largest absolute Gasteiger partial charge is 0.379 e. The molecule has 2 N–H and O–H groups in total. The predicted molar refractivity (Wildman–Crippen MR) is 84.0 cm³/mol. The van der Waals surface area contributed by atoms with Gasteiger partial charge in [-0.05, 0) is 31.2 Å². The molecular formula is C16H31N3O2. The van der Waals surface area contributed by atoms with Crippen LogP contribution in [0, 0.1) is 11.8 Å². The second-order valence-electron chi connectivity index (χ2n) is 6.45. The SMILES string of the molecule is CCC(CN)CC(=O)N1CCC(CN2CCOCC2)CC1. The number of carbonyl (C=O) groups is 1. The third kappa shape index (κ3) is 5.24. The molecule has 0 radical (unpaired) electrons. The molecule has 1 atom stereocenters. The summed E-state index contributed by atoms with van der Waals surface area (Å²) in [7, 11) is 0. The molecule has 0 spiro atoms. The smallest absolute Gasteiger partial charge is 0.222 e. The van der Waals surface area contributed by atoms with Gasteiger partial charge in [-0.3, -0.25) is 9.69 Å². The van der Waals surface area contributed by atoms with Crippen molar-refractivity contribution >= 4 is 5.91 Å². The van der Waals surface area contributed by atoms with Crippen molar-refractivity contribution in [3.63, 3.8) is 0 Å². The van der Waals surface area contributed by atoms with Crippen LogP contribution < -0.4 is 5.73 Å². The predicted octanol–water partition coefficient (Wildman–Crippen LogP) is 0.932. The molecule has 0 aliphatic carbocycles. The number of rotatable bonds is 6. The van der Waals surface area contributed by atoms with Gasteiger partial charge in [0.2, 0.25) is 5.91 Å². The molecule has 2 saturated heterocycles. The Balaban J connectivity index is 1.68. The Morgan fingerprint density at radius 3 is 2.48 bits per heavy atom. The number of hydrogen-bond acceptors (Lipinski definition) is 4. The van der Waals surface area contributed by atoms with Crippen LogP contribution in [0.1, 0.15) is 32.6 Å². The number of ether oxygens (including phenoxy) is 1. The Labute approximate surface area is 128 Å². The maximum atomic E-state index is 12.3. The third-order valence-electron chi connectivity index (χ3n) is 4.96. The van der Waals surface area contributed by atoms with Crippen LogP contribution in [0.15, 0.2) is 0 Å². The summed E-state index contributed by atoms with van der Waals surface area (Å²) in [5, 5.41) is 0. The van der Waals surface area contributed by atoms with Crippen LogP contribution in [0.3, 0.4) is 0 Å². The van der Waals surface area contributed by atoms with Gasteiger partial charge in [-0.1, -0.05) is 13.3 Å². The number of morpholine rings is 1. The Hall–Kier alpha value is -0.650. The molecule has 21 heavy (non-hydrogen) atoms. The van der Waals surface area contributed by atoms with Crippen molar-refractivity contribution < 1.29 is 9.53 Å². The molecule has 2 fully saturated rings. The summed E-state index contributed by atoms with van der Waals surface area (Å²) in [5.74, 6) is 1.39. The van der Waals surface area contributed by atoms with Crippen LogP contribution in [0.4, 0.5) is 0 Å². The zero-order valence-corrected chi connectivity index (χ0v) is 13.4. The standard InChI is InChI=1S/C16H31N3O2/c1-2-14(12-17)11-16(20)19-5-3-15(4-6-19)13-18-7-9-21-10-8-18/h14-15H,2-13,17H2,1H3. The fraction of sp³-hybridized carbons (Fsp3) is 0.938. The zero-order valence-electron chi connectivity index (χ0n) is 13.4. The van der Waals surface area contributed by atoms with Gasteiger partial charge < -0.3 is 15.4 Å². The second-order valence-corrected chi connectivity index (χ2v) is 6.45. The van der Waals surface area contributed by atoms with Gasteiger partial charge in [0.05, 0.1) is 13.2 Å². The first-order valence-electron chi connectivity index (χ1n) is 8.50. The molecule has 5 heteroatoms. The first-order valence-corrected chi connectivity index (χ1v) is 8.50. The molecule has 2 aliphatic rings. The molecule has 1 unspecified atom stereocenters. The third-order valence-corrected chi connectivity index (χ3v) is 4.96. The summed E-state index contributed by atoms with van der Waals surface area (Å²) in [5.41, 5.74) is 5.70. The number of likely N-dealkylation sites (tertiary alicyclic amines) is 1. The first kappa shape index (κ1) is 16.7. The van der Waals surface area contributed by atoms with Crippen molar-refractivity contribution in [2.45, 2.75) is 32.6 Å². The highest BCUT2D eigenvalue weighted by Gasteiger charge is 2.25. The van der Waals surface area contributed by atoms with E-state index in [0.717, 1.165) is 64.6 Å². The van der Waals surface area contributed by atoms with Gasteiger partial charge in [-0.25, -0.2) is 0 Å². The second kappa shape index (κ2) is 8.71. The highest BCUT2D eigenvalue weighted by atomic mass is 16.5. The highest BCUT2D eigenvalue weighted by Crippen LogP contribution is 2.20. The molecule has 0 bridgehead atoms. The van der Waals surface area contributed by atoms with Crippen LogP contribution in [0.2, 0.25) is 0 Å². The quantitative estimate of drug-likeness (QED) is 0.792. The molecule has 2 heterocycles. The van der Waals surface area contributed by atoms with E-state index in [1.807, 2.05) is 4.90 Å². The minimum Gasteiger partial charge on any atom is -0.379 e. The molecule has 0 aromatic rings.